The predicted octanol–water partition coefficient (Wildman–Crippen LogP) is 3.70. The van der Waals surface area contributed by atoms with Gasteiger partial charge in [-0.1, -0.05) is 29.8 Å². The Balaban J connectivity index is 1.58. The fourth-order valence-corrected chi connectivity index (χ4v) is 5.46. The van der Waals surface area contributed by atoms with Crippen LogP contribution in [0.3, 0.4) is 0 Å². The molecular weight excluding hydrogens is 384 g/mol. The highest BCUT2D eigenvalue weighted by Crippen LogP contribution is 2.31. The van der Waals surface area contributed by atoms with Crippen LogP contribution in [0.5, 0.6) is 0 Å². The number of benzene rings is 2. The Labute approximate surface area is 170 Å². The smallest absolute Gasteiger partial charge is 0.228 e. The summed E-state index contributed by atoms with van der Waals surface area (Å²) in [5, 5.41) is 4.60. The molecule has 2 heterocycles. The largest absolute Gasteiger partial charge is 0.367 e. The van der Waals surface area contributed by atoms with Crippen LogP contribution < -0.4 is 10.2 Å². The number of fused-ring (bicyclic) bond motifs is 2. The van der Waals surface area contributed by atoms with Crippen molar-refractivity contribution in [3.05, 3.63) is 53.6 Å². The van der Waals surface area contributed by atoms with Crippen LogP contribution in [0, 0.1) is 6.92 Å². The monoisotopic (exact) mass is 408 g/mol. The number of nitrogens with zero attached hydrogens (tertiary/aromatic N) is 3. The van der Waals surface area contributed by atoms with Gasteiger partial charge in [0, 0.05) is 24.5 Å². The van der Waals surface area contributed by atoms with Gasteiger partial charge in [-0.2, -0.15) is 4.98 Å². The molecule has 0 unspecified atom stereocenters. The Hall–Kier alpha value is -2.67. The molecule has 1 N–H and O–H groups in total. The highest BCUT2D eigenvalue weighted by atomic mass is 32.2. The number of aryl methyl sites for hydroxylation is 1. The van der Waals surface area contributed by atoms with Crippen molar-refractivity contribution in [3.8, 4) is 0 Å². The predicted molar refractivity (Wildman–Crippen MR) is 115 cm³/mol. The molecule has 0 saturated heterocycles. The summed E-state index contributed by atoms with van der Waals surface area (Å²) in [6.45, 7) is 2.92. The second kappa shape index (κ2) is 6.99. The van der Waals surface area contributed by atoms with Crippen LogP contribution in [0.2, 0.25) is 0 Å². The molecule has 0 amide bonds. The summed E-state index contributed by atoms with van der Waals surface area (Å²) in [6.07, 6.45) is 3.55. The Morgan fingerprint density at radius 1 is 1.10 bits per heavy atom. The lowest BCUT2D eigenvalue weighted by Gasteiger charge is -2.28. The quantitative estimate of drug-likeness (QED) is 0.712. The zero-order chi connectivity index (χ0) is 20.0. The van der Waals surface area contributed by atoms with Crippen LogP contribution in [0.1, 0.15) is 30.4 Å². The fourth-order valence-electron chi connectivity index (χ4n) is 3.96. The van der Waals surface area contributed by atoms with E-state index in [0.717, 1.165) is 35.1 Å². The van der Waals surface area contributed by atoms with E-state index in [1.165, 1.54) is 12.0 Å². The molecule has 2 aromatic carbocycles. The van der Waals surface area contributed by atoms with E-state index in [2.05, 4.69) is 24.4 Å². The van der Waals surface area contributed by atoms with Crippen molar-refractivity contribution in [1.82, 2.24) is 9.97 Å². The molecule has 1 fully saturated rings. The maximum atomic E-state index is 12.7. The number of hydrogen-bond donors (Lipinski definition) is 1. The van der Waals surface area contributed by atoms with Crippen LogP contribution in [0.25, 0.3) is 10.9 Å². The van der Waals surface area contributed by atoms with Gasteiger partial charge in [-0.25, -0.2) is 13.4 Å². The van der Waals surface area contributed by atoms with Gasteiger partial charge in [0.1, 0.15) is 5.82 Å². The third-order valence-corrected chi connectivity index (χ3v) is 7.66. The first-order chi connectivity index (χ1) is 14.0. The summed E-state index contributed by atoms with van der Waals surface area (Å²) in [4.78, 5) is 12.1. The lowest BCUT2D eigenvalue weighted by Crippen LogP contribution is -2.30. The summed E-state index contributed by atoms with van der Waals surface area (Å²) >= 11 is 0. The van der Waals surface area contributed by atoms with Gasteiger partial charge >= 0.3 is 0 Å². The van der Waals surface area contributed by atoms with Gasteiger partial charge < -0.3 is 10.2 Å². The molecule has 1 saturated carbocycles. The second-order valence-electron chi connectivity index (χ2n) is 8.01. The van der Waals surface area contributed by atoms with Crippen molar-refractivity contribution in [2.75, 3.05) is 22.5 Å². The van der Waals surface area contributed by atoms with Crippen molar-refractivity contribution in [2.24, 2.45) is 0 Å². The standard InChI is InChI=1S/C22H24N4O2S/c1-15-9-10-19-18(13-15)21(23-17-6-4-7-17)25-22(24-19)26-11-12-29(27,28)20-8-3-2-5-16(20)14-26/h2-3,5,8-10,13,17H,4,6-7,11-12,14H2,1H3,(H,23,24,25). The molecule has 7 heteroatoms. The van der Waals surface area contributed by atoms with E-state index in [9.17, 15) is 8.42 Å². The Kier molecular flexibility index (Phi) is 4.42. The van der Waals surface area contributed by atoms with Gasteiger partial charge in [0.2, 0.25) is 5.95 Å². The molecule has 1 aliphatic heterocycles. The molecular formula is C22H24N4O2S. The number of anilines is 2. The van der Waals surface area contributed by atoms with Gasteiger partial charge in [0.15, 0.2) is 9.84 Å². The van der Waals surface area contributed by atoms with Crippen molar-refractivity contribution in [1.29, 1.82) is 0 Å². The van der Waals surface area contributed by atoms with Crippen molar-refractivity contribution < 1.29 is 8.42 Å². The van der Waals surface area contributed by atoms with E-state index in [-0.39, 0.29) is 5.75 Å². The van der Waals surface area contributed by atoms with Crippen LogP contribution in [0.15, 0.2) is 47.4 Å². The molecule has 3 aromatic rings. The van der Waals surface area contributed by atoms with Crippen molar-refractivity contribution in [2.45, 2.75) is 43.7 Å². The molecule has 0 spiro atoms. The number of nitrogens with one attached hydrogen (secondary N) is 1. The lowest BCUT2D eigenvalue weighted by molar-refractivity contribution is 0.445. The van der Waals surface area contributed by atoms with Gasteiger partial charge in [-0.15, -0.1) is 0 Å². The number of sulfone groups is 1. The Morgan fingerprint density at radius 3 is 2.72 bits per heavy atom. The van der Waals surface area contributed by atoms with E-state index in [1.54, 1.807) is 12.1 Å². The maximum absolute atomic E-state index is 12.7. The zero-order valence-corrected chi connectivity index (χ0v) is 17.2. The Morgan fingerprint density at radius 2 is 1.93 bits per heavy atom. The molecule has 1 aromatic heterocycles. The number of hydrogen-bond acceptors (Lipinski definition) is 6. The second-order valence-corrected chi connectivity index (χ2v) is 10.1. The summed E-state index contributed by atoms with van der Waals surface area (Å²) in [5.74, 6) is 1.49. The van der Waals surface area contributed by atoms with Gasteiger partial charge in [0.05, 0.1) is 16.2 Å². The minimum absolute atomic E-state index is 0.0602. The first-order valence-corrected chi connectivity index (χ1v) is 11.8. The van der Waals surface area contributed by atoms with E-state index < -0.39 is 9.84 Å². The minimum Gasteiger partial charge on any atom is -0.367 e. The summed E-state index contributed by atoms with van der Waals surface area (Å²) in [5.41, 5.74) is 2.84. The first kappa shape index (κ1) is 18.4. The third kappa shape index (κ3) is 3.44. The van der Waals surface area contributed by atoms with Crippen molar-refractivity contribution >= 4 is 32.5 Å². The van der Waals surface area contributed by atoms with E-state index in [1.807, 2.05) is 23.1 Å². The average molecular weight is 409 g/mol. The minimum atomic E-state index is -3.30. The van der Waals surface area contributed by atoms with E-state index >= 15 is 0 Å². The molecule has 0 radical (unpaired) electrons. The molecule has 1 aliphatic carbocycles. The highest BCUT2D eigenvalue weighted by Gasteiger charge is 2.27. The summed E-state index contributed by atoms with van der Waals surface area (Å²) in [6, 6.07) is 13.9. The summed E-state index contributed by atoms with van der Waals surface area (Å²) in [7, 11) is -3.30. The summed E-state index contributed by atoms with van der Waals surface area (Å²) < 4.78 is 25.4. The van der Waals surface area contributed by atoms with Gasteiger partial charge in [-0.05, 0) is 49.9 Å². The molecule has 2 aliphatic rings. The third-order valence-electron chi connectivity index (χ3n) is 5.87. The zero-order valence-electron chi connectivity index (χ0n) is 16.4. The van der Waals surface area contributed by atoms with E-state index in [4.69, 9.17) is 9.97 Å². The first-order valence-electron chi connectivity index (χ1n) is 10.1. The Bertz CT molecular complexity index is 1190. The highest BCUT2D eigenvalue weighted by molar-refractivity contribution is 7.91. The molecule has 5 rings (SSSR count). The van der Waals surface area contributed by atoms with Crippen molar-refractivity contribution in [3.63, 3.8) is 0 Å². The van der Waals surface area contributed by atoms with Crippen LogP contribution >= 0.6 is 0 Å². The fraction of sp³-hybridized carbons (Fsp3) is 0.364. The number of rotatable bonds is 3. The molecule has 150 valence electrons. The van der Waals surface area contributed by atoms with Crippen LogP contribution in [0.4, 0.5) is 11.8 Å². The maximum Gasteiger partial charge on any atom is 0.228 e. The van der Waals surface area contributed by atoms with Crippen LogP contribution in [-0.2, 0) is 16.4 Å². The molecule has 29 heavy (non-hydrogen) atoms. The molecule has 0 bridgehead atoms. The number of aromatic nitrogens is 2. The molecule has 0 atom stereocenters. The van der Waals surface area contributed by atoms with Gasteiger partial charge in [-0.3, -0.25) is 0 Å². The van der Waals surface area contributed by atoms with Gasteiger partial charge in [0.25, 0.3) is 0 Å². The van der Waals surface area contributed by atoms with Crippen LogP contribution in [-0.4, -0.2) is 36.7 Å². The van der Waals surface area contributed by atoms with E-state index in [0.29, 0.717) is 30.0 Å². The topological polar surface area (TPSA) is 75.2 Å². The normalized spacial score (nSPS) is 18.7. The lowest BCUT2D eigenvalue weighted by atomic mass is 9.93. The SMILES string of the molecule is Cc1ccc2nc(N3CCS(=O)(=O)c4ccccc4C3)nc(NC3CCC3)c2c1. The molecule has 6 nitrogen and oxygen atoms in total. The average Bonchev–Trinajstić information content (AvgIpc) is 2.81.